The number of nitrogens with one attached hydrogen (secondary N) is 2. The Bertz CT molecular complexity index is 832. The molecule has 0 saturated carbocycles. The van der Waals surface area contributed by atoms with Gasteiger partial charge in [-0.05, 0) is 36.8 Å². The molecule has 0 aliphatic rings. The number of imide groups is 1. The van der Waals surface area contributed by atoms with Gasteiger partial charge in [-0.25, -0.2) is 9.59 Å². The van der Waals surface area contributed by atoms with Gasteiger partial charge in [0.2, 0.25) is 0 Å². The average Bonchev–Trinajstić information content (AvgIpc) is 3.12. The highest BCUT2D eigenvalue weighted by Gasteiger charge is 2.28. The summed E-state index contributed by atoms with van der Waals surface area (Å²) in [5, 5.41) is 3.09. The zero-order chi connectivity index (χ0) is 20.0. The molecular weight excluding hydrogens is 367 g/mol. The van der Waals surface area contributed by atoms with Crippen LogP contribution in [0.3, 0.4) is 0 Å². The van der Waals surface area contributed by atoms with Gasteiger partial charge in [0, 0.05) is 18.1 Å². The highest BCUT2D eigenvalue weighted by molar-refractivity contribution is 5.97. The van der Waals surface area contributed by atoms with Crippen molar-refractivity contribution in [2.45, 2.75) is 13.1 Å². The number of urea groups is 1. The lowest BCUT2D eigenvalue weighted by molar-refractivity contribution is -0.125. The summed E-state index contributed by atoms with van der Waals surface area (Å²) in [5.41, 5.74) is 1.82. The molecule has 0 fully saturated rings. The Labute approximate surface area is 152 Å². The number of carbonyl (C=O) groups excluding carboxylic acids is 3. The van der Waals surface area contributed by atoms with E-state index in [0.29, 0.717) is 0 Å². The third-order valence-corrected chi connectivity index (χ3v) is 3.36. The van der Waals surface area contributed by atoms with Crippen molar-refractivity contribution in [3.05, 3.63) is 53.9 Å². The Morgan fingerprint density at radius 3 is 2.44 bits per heavy atom. The molecule has 0 spiro atoms. The number of aromatic nitrogens is 1. The van der Waals surface area contributed by atoms with Gasteiger partial charge in [0.15, 0.2) is 6.61 Å². The third-order valence-electron chi connectivity index (χ3n) is 3.36. The van der Waals surface area contributed by atoms with E-state index in [4.69, 9.17) is 4.74 Å². The molecule has 0 unspecified atom stereocenters. The molecule has 1 aromatic carbocycles. The van der Waals surface area contributed by atoms with Gasteiger partial charge in [0.25, 0.3) is 5.91 Å². The molecule has 144 valence electrons. The fraction of sp³-hybridized carbons (Fsp3) is 0.235. The van der Waals surface area contributed by atoms with Crippen LogP contribution in [0.25, 0.3) is 5.69 Å². The van der Waals surface area contributed by atoms with Crippen LogP contribution in [0.2, 0.25) is 0 Å². The number of alkyl halides is 3. The summed E-state index contributed by atoms with van der Waals surface area (Å²) in [7, 11) is 0. The Morgan fingerprint density at radius 2 is 1.81 bits per heavy atom. The maximum absolute atomic E-state index is 12.1. The zero-order valence-electron chi connectivity index (χ0n) is 14.2. The van der Waals surface area contributed by atoms with Gasteiger partial charge in [0.05, 0.1) is 5.56 Å². The Kier molecular flexibility index (Phi) is 6.22. The molecule has 7 nitrogen and oxygen atoms in total. The van der Waals surface area contributed by atoms with Crippen LogP contribution >= 0.6 is 0 Å². The van der Waals surface area contributed by atoms with Crippen molar-refractivity contribution in [2.75, 3.05) is 13.2 Å². The van der Waals surface area contributed by atoms with E-state index in [1.807, 2.05) is 19.1 Å². The number of benzene rings is 1. The van der Waals surface area contributed by atoms with Gasteiger partial charge >= 0.3 is 18.2 Å². The number of rotatable bonds is 5. The topological polar surface area (TPSA) is 89.4 Å². The second-order valence-electron chi connectivity index (χ2n) is 5.51. The molecule has 0 radical (unpaired) electrons. The lowest BCUT2D eigenvalue weighted by Crippen LogP contribution is -2.44. The van der Waals surface area contributed by atoms with Crippen LogP contribution in [0.1, 0.15) is 15.9 Å². The van der Waals surface area contributed by atoms with E-state index < -0.39 is 37.2 Å². The van der Waals surface area contributed by atoms with E-state index in [2.05, 4.69) is 0 Å². The van der Waals surface area contributed by atoms with Crippen molar-refractivity contribution in [1.82, 2.24) is 15.2 Å². The number of esters is 1. The summed E-state index contributed by atoms with van der Waals surface area (Å²) in [4.78, 5) is 34.7. The molecule has 2 rings (SSSR count). The van der Waals surface area contributed by atoms with Crippen molar-refractivity contribution >= 4 is 17.9 Å². The van der Waals surface area contributed by atoms with Gasteiger partial charge in [0.1, 0.15) is 6.54 Å². The van der Waals surface area contributed by atoms with Gasteiger partial charge in [-0.1, -0.05) is 6.07 Å². The van der Waals surface area contributed by atoms with Crippen LogP contribution in [-0.2, 0) is 9.53 Å². The molecule has 27 heavy (non-hydrogen) atoms. The van der Waals surface area contributed by atoms with Gasteiger partial charge in [-0.15, -0.1) is 0 Å². The predicted molar refractivity (Wildman–Crippen MR) is 88.4 cm³/mol. The molecule has 1 aromatic heterocycles. The molecular formula is C17H16F3N3O4. The maximum Gasteiger partial charge on any atom is 0.405 e. The van der Waals surface area contributed by atoms with Crippen LogP contribution < -0.4 is 10.6 Å². The van der Waals surface area contributed by atoms with Crippen LogP contribution in [-0.4, -0.2) is 41.8 Å². The summed E-state index contributed by atoms with van der Waals surface area (Å²) >= 11 is 0. The molecule has 0 bridgehead atoms. The summed E-state index contributed by atoms with van der Waals surface area (Å²) in [6.07, 6.45) is -1.01. The fourth-order valence-corrected chi connectivity index (χ4v) is 2.11. The second-order valence-corrected chi connectivity index (χ2v) is 5.51. The third kappa shape index (κ3) is 6.17. The predicted octanol–water partition coefficient (Wildman–Crippen LogP) is 2.33. The fourth-order valence-electron chi connectivity index (χ4n) is 2.11. The van der Waals surface area contributed by atoms with E-state index in [1.165, 1.54) is 11.4 Å². The minimum atomic E-state index is -4.60. The van der Waals surface area contributed by atoms with Crippen molar-refractivity contribution in [3.8, 4) is 5.69 Å². The quantitative estimate of drug-likeness (QED) is 0.776. The van der Waals surface area contributed by atoms with E-state index in [0.717, 1.165) is 11.3 Å². The molecule has 2 N–H and O–H groups in total. The number of halogens is 3. The second kappa shape index (κ2) is 8.39. The minimum absolute atomic E-state index is 0.179. The van der Waals surface area contributed by atoms with Gasteiger partial charge in [-0.2, -0.15) is 13.2 Å². The van der Waals surface area contributed by atoms with Gasteiger partial charge < -0.3 is 14.6 Å². The average molecular weight is 383 g/mol. The summed E-state index contributed by atoms with van der Waals surface area (Å²) in [5.74, 6) is -1.87. The molecule has 0 atom stereocenters. The molecule has 10 heteroatoms. The first kappa shape index (κ1) is 20.0. The Hall–Kier alpha value is -3.30. The Balaban J connectivity index is 1.89. The minimum Gasteiger partial charge on any atom is -0.452 e. The van der Waals surface area contributed by atoms with Crippen LogP contribution in [0.5, 0.6) is 0 Å². The van der Waals surface area contributed by atoms with Crippen LogP contribution in [0.15, 0.2) is 42.7 Å². The molecule has 0 aliphatic heterocycles. The van der Waals surface area contributed by atoms with E-state index >= 15 is 0 Å². The largest absolute Gasteiger partial charge is 0.452 e. The van der Waals surface area contributed by atoms with Gasteiger partial charge in [-0.3, -0.25) is 10.1 Å². The van der Waals surface area contributed by atoms with E-state index in [1.54, 1.807) is 34.4 Å². The first-order chi connectivity index (χ1) is 12.7. The van der Waals surface area contributed by atoms with Crippen molar-refractivity contribution in [3.63, 3.8) is 0 Å². The van der Waals surface area contributed by atoms with Crippen molar-refractivity contribution in [2.24, 2.45) is 0 Å². The van der Waals surface area contributed by atoms with Crippen LogP contribution in [0, 0.1) is 6.92 Å². The number of nitrogens with zero attached hydrogens (tertiary/aromatic N) is 1. The summed E-state index contributed by atoms with van der Waals surface area (Å²) < 4.78 is 42.5. The summed E-state index contributed by atoms with van der Waals surface area (Å²) in [6.45, 7) is -0.542. The normalized spacial score (nSPS) is 11.0. The standard InChI is InChI=1S/C17H16F3N3O4/c1-11-4-5-12(8-13(11)23-6-2-3-7-23)15(25)27-9-14(24)22-16(26)21-10-17(18,19)20/h2-8H,9-10H2,1H3,(H2,21,22,24,26). The molecule has 3 amide bonds. The van der Waals surface area contributed by atoms with E-state index in [9.17, 15) is 27.6 Å². The van der Waals surface area contributed by atoms with Crippen molar-refractivity contribution < 1.29 is 32.3 Å². The molecule has 0 aliphatic carbocycles. The number of hydrogen-bond donors (Lipinski definition) is 2. The molecule has 0 saturated heterocycles. The number of aryl methyl sites for hydroxylation is 1. The maximum atomic E-state index is 12.1. The van der Waals surface area contributed by atoms with Crippen molar-refractivity contribution in [1.29, 1.82) is 0 Å². The highest BCUT2D eigenvalue weighted by Crippen LogP contribution is 2.17. The zero-order valence-corrected chi connectivity index (χ0v) is 14.2. The monoisotopic (exact) mass is 383 g/mol. The van der Waals surface area contributed by atoms with Crippen LogP contribution in [0.4, 0.5) is 18.0 Å². The number of carbonyl (C=O) groups is 3. The lowest BCUT2D eigenvalue weighted by Gasteiger charge is -2.11. The first-order valence-electron chi connectivity index (χ1n) is 7.71. The molecule has 1 heterocycles. The Morgan fingerprint density at radius 1 is 1.15 bits per heavy atom. The highest BCUT2D eigenvalue weighted by atomic mass is 19.4. The lowest BCUT2D eigenvalue weighted by atomic mass is 10.1. The molecule has 2 aromatic rings. The smallest absolute Gasteiger partial charge is 0.405 e. The van der Waals surface area contributed by atoms with E-state index in [-0.39, 0.29) is 5.56 Å². The first-order valence-corrected chi connectivity index (χ1v) is 7.71. The SMILES string of the molecule is Cc1ccc(C(=O)OCC(=O)NC(=O)NCC(F)(F)F)cc1-n1cccc1. The summed E-state index contributed by atoms with van der Waals surface area (Å²) in [6, 6.07) is 7.09. The number of hydrogen-bond acceptors (Lipinski definition) is 4. The number of ether oxygens (including phenoxy) is 1. The number of amides is 3.